The van der Waals surface area contributed by atoms with Crippen molar-refractivity contribution >= 4 is 22.9 Å². The van der Waals surface area contributed by atoms with Crippen LogP contribution >= 0.6 is 0 Å². The molecule has 0 unspecified atom stereocenters. The smallest absolute Gasteiger partial charge is 0.290 e. The van der Waals surface area contributed by atoms with Crippen LogP contribution in [0.4, 0.5) is 4.39 Å². The van der Waals surface area contributed by atoms with Gasteiger partial charge in [-0.25, -0.2) is 9.37 Å². The number of pyridine rings is 1. The van der Waals surface area contributed by atoms with Crippen LogP contribution in [0.1, 0.15) is 63.6 Å². The highest BCUT2D eigenvalue weighted by molar-refractivity contribution is 5.97. The Bertz CT molecular complexity index is 1350. The average molecular weight is 494 g/mol. The Morgan fingerprint density at radius 3 is 2.33 bits per heavy atom. The number of piperazine rings is 1. The molecule has 1 aromatic carbocycles. The first kappa shape index (κ1) is 24.4. The van der Waals surface area contributed by atoms with Crippen LogP contribution in [-0.4, -0.2) is 62.5 Å². The summed E-state index contributed by atoms with van der Waals surface area (Å²) in [6, 6.07) is 9.90. The summed E-state index contributed by atoms with van der Waals surface area (Å²) >= 11 is 0. The van der Waals surface area contributed by atoms with E-state index in [0.717, 1.165) is 24.0 Å². The molecule has 2 aromatic heterocycles. The molecule has 7 nitrogen and oxygen atoms in total. The summed E-state index contributed by atoms with van der Waals surface area (Å²) in [5.74, 6) is -0.721. The van der Waals surface area contributed by atoms with Crippen LogP contribution in [0, 0.1) is 5.82 Å². The number of benzene rings is 1. The second-order valence-electron chi connectivity index (χ2n) is 11.5. The first-order valence-corrected chi connectivity index (χ1v) is 12.3. The third kappa shape index (κ3) is 4.28. The monoisotopic (exact) mass is 493 g/mol. The van der Waals surface area contributed by atoms with Crippen molar-refractivity contribution in [2.24, 2.45) is 0 Å². The molecule has 0 atom stereocenters. The lowest BCUT2D eigenvalue weighted by atomic mass is 9.96. The highest BCUT2D eigenvalue weighted by Gasteiger charge is 2.44. The molecule has 190 valence electrons. The van der Waals surface area contributed by atoms with Gasteiger partial charge in [0.15, 0.2) is 11.3 Å². The van der Waals surface area contributed by atoms with Crippen molar-refractivity contribution in [3.63, 3.8) is 0 Å². The van der Waals surface area contributed by atoms with Gasteiger partial charge in [0.2, 0.25) is 0 Å². The van der Waals surface area contributed by atoms with Crippen LogP contribution in [0.15, 0.2) is 40.8 Å². The van der Waals surface area contributed by atoms with E-state index in [1.54, 1.807) is 28.0 Å². The molecule has 8 heteroatoms. The summed E-state index contributed by atoms with van der Waals surface area (Å²) in [6.45, 7) is 9.87. The highest BCUT2D eigenvalue weighted by atomic mass is 19.1. The van der Waals surface area contributed by atoms with Gasteiger partial charge < -0.3 is 19.3 Å². The molecule has 2 aliphatic rings. The number of amides is 2. The molecule has 1 aliphatic heterocycles. The van der Waals surface area contributed by atoms with E-state index in [0.29, 0.717) is 36.4 Å². The number of hydrogen-bond acceptors (Lipinski definition) is 5. The lowest BCUT2D eigenvalue weighted by Gasteiger charge is -2.47. The molecule has 1 saturated carbocycles. The molecule has 2 amide bonds. The Morgan fingerprint density at radius 2 is 1.75 bits per heavy atom. The zero-order valence-electron chi connectivity index (χ0n) is 21.4. The molecule has 0 radical (unpaired) electrons. The van der Waals surface area contributed by atoms with E-state index < -0.39 is 11.1 Å². The van der Waals surface area contributed by atoms with Crippen LogP contribution in [0.2, 0.25) is 0 Å². The maximum Gasteiger partial charge on any atom is 0.290 e. The number of carbonyl (C=O) groups is 2. The Kier molecular flexibility index (Phi) is 5.52. The normalized spacial score (nSPS) is 19.0. The predicted molar refractivity (Wildman–Crippen MR) is 134 cm³/mol. The number of furan rings is 1. The Balaban J connectivity index is 1.49. The second kappa shape index (κ2) is 8.13. The van der Waals surface area contributed by atoms with Crippen molar-refractivity contribution < 1.29 is 23.5 Å². The number of halogens is 1. The predicted octanol–water partition coefficient (Wildman–Crippen LogP) is 4.52. The molecule has 1 aliphatic carbocycles. The minimum absolute atomic E-state index is 0.0451. The lowest BCUT2D eigenvalue weighted by molar-refractivity contribution is -0.152. The molecule has 3 heterocycles. The van der Waals surface area contributed by atoms with Crippen LogP contribution in [0.5, 0.6) is 0 Å². The van der Waals surface area contributed by atoms with E-state index in [4.69, 9.17) is 9.40 Å². The van der Waals surface area contributed by atoms with Crippen LogP contribution < -0.4 is 0 Å². The molecule has 0 bridgehead atoms. The average Bonchev–Trinajstić information content (AvgIpc) is 3.40. The van der Waals surface area contributed by atoms with Gasteiger partial charge in [0, 0.05) is 36.8 Å². The Labute approximate surface area is 209 Å². The number of rotatable bonds is 4. The van der Waals surface area contributed by atoms with E-state index in [9.17, 15) is 19.1 Å². The molecule has 0 spiro atoms. The standard InChI is InChI=1S/C28H32FN3O4/c1-26(2)16-31(25(34)27(3,4)35)12-13-32(26)24(33)22-15-21-23(36-22)19(28(5)10-11-28)14-20(30-21)17-6-8-18(29)9-7-17/h6-9,14-15,35H,10-13,16H2,1-5H3. The van der Waals surface area contributed by atoms with Crippen molar-refractivity contribution in [1.29, 1.82) is 0 Å². The van der Waals surface area contributed by atoms with Crippen LogP contribution in [0.3, 0.4) is 0 Å². The summed E-state index contributed by atoms with van der Waals surface area (Å²) in [4.78, 5) is 34.3. The highest BCUT2D eigenvalue weighted by Crippen LogP contribution is 2.50. The molecule has 36 heavy (non-hydrogen) atoms. The topological polar surface area (TPSA) is 86.9 Å². The van der Waals surface area contributed by atoms with Crippen molar-refractivity contribution in [3.8, 4) is 11.3 Å². The van der Waals surface area contributed by atoms with Gasteiger partial charge >= 0.3 is 0 Å². The lowest BCUT2D eigenvalue weighted by Crippen LogP contribution is -2.64. The van der Waals surface area contributed by atoms with Gasteiger partial charge in [0.05, 0.1) is 11.2 Å². The fraction of sp³-hybridized carbons (Fsp3) is 0.464. The van der Waals surface area contributed by atoms with Crippen molar-refractivity contribution in [1.82, 2.24) is 14.8 Å². The summed E-state index contributed by atoms with van der Waals surface area (Å²) in [7, 11) is 0. The molecular formula is C28H32FN3O4. The Morgan fingerprint density at radius 1 is 1.08 bits per heavy atom. The molecule has 3 aromatic rings. The third-order valence-corrected chi connectivity index (χ3v) is 7.44. The number of carbonyl (C=O) groups excluding carboxylic acids is 2. The fourth-order valence-electron chi connectivity index (χ4n) is 5.03. The maximum absolute atomic E-state index is 13.6. The van der Waals surface area contributed by atoms with Gasteiger partial charge in [0.1, 0.15) is 16.9 Å². The third-order valence-electron chi connectivity index (χ3n) is 7.44. The molecular weight excluding hydrogens is 461 g/mol. The summed E-state index contributed by atoms with van der Waals surface area (Å²) in [6.07, 6.45) is 2.03. The minimum Gasteiger partial charge on any atom is -0.449 e. The van der Waals surface area contributed by atoms with Gasteiger partial charge in [-0.05, 0) is 76.3 Å². The zero-order valence-corrected chi connectivity index (χ0v) is 21.4. The van der Waals surface area contributed by atoms with E-state index in [1.165, 1.54) is 26.0 Å². The quantitative estimate of drug-likeness (QED) is 0.578. The minimum atomic E-state index is -1.47. The van der Waals surface area contributed by atoms with Crippen molar-refractivity contribution in [2.45, 2.75) is 64.0 Å². The van der Waals surface area contributed by atoms with Crippen molar-refractivity contribution in [3.05, 3.63) is 53.5 Å². The molecule has 5 rings (SSSR count). The molecule has 1 N–H and O–H groups in total. The van der Waals surface area contributed by atoms with Crippen molar-refractivity contribution in [2.75, 3.05) is 19.6 Å². The zero-order chi connectivity index (χ0) is 26.0. The second-order valence-corrected chi connectivity index (χ2v) is 11.5. The molecule has 1 saturated heterocycles. The number of aromatic nitrogens is 1. The summed E-state index contributed by atoms with van der Waals surface area (Å²) in [5, 5.41) is 10.1. The summed E-state index contributed by atoms with van der Waals surface area (Å²) < 4.78 is 19.7. The van der Waals surface area contributed by atoms with Gasteiger partial charge in [-0.15, -0.1) is 0 Å². The van der Waals surface area contributed by atoms with E-state index in [1.807, 2.05) is 19.9 Å². The first-order chi connectivity index (χ1) is 16.8. The fourth-order valence-corrected chi connectivity index (χ4v) is 5.03. The van der Waals surface area contributed by atoms with E-state index in [2.05, 4.69) is 6.92 Å². The van der Waals surface area contributed by atoms with Gasteiger partial charge in [-0.2, -0.15) is 0 Å². The van der Waals surface area contributed by atoms with Gasteiger partial charge in [-0.3, -0.25) is 9.59 Å². The Hall–Kier alpha value is -3.26. The first-order valence-electron chi connectivity index (χ1n) is 12.3. The summed E-state index contributed by atoms with van der Waals surface area (Å²) in [5.41, 5.74) is 1.55. The van der Waals surface area contributed by atoms with Crippen LogP contribution in [0.25, 0.3) is 22.4 Å². The van der Waals surface area contributed by atoms with Gasteiger partial charge in [-0.1, -0.05) is 6.92 Å². The number of fused-ring (bicyclic) bond motifs is 1. The number of nitrogens with zero attached hydrogens (tertiary/aromatic N) is 3. The number of hydrogen-bond donors (Lipinski definition) is 1. The SMILES string of the molecule is CC(C)(O)C(=O)N1CCN(C(=O)c2cc3nc(-c4ccc(F)cc4)cc(C4(C)CC4)c3o2)C(C)(C)C1. The van der Waals surface area contributed by atoms with E-state index in [-0.39, 0.29) is 28.8 Å². The molecule has 2 fully saturated rings. The van der Waals surface area contributed by atoms with E-state index >= 15 is 0 Å². The maximum atomic E-state index is 13.6. The van der Waals surface area contributed by atoms with Crippen LogP contribution in [-0.2, 0) is 10.2 Å². The number of aliphatic hydroxyl groups is 1. The van der Waals surface area contributed by atoms with Gasteiger partial charge in [0.25, 0.3) is 11.8 Å². The largest absolute Gasteiger partial charge is 0.449 e.